The van der Waals surface area contributed by atoms with E-state index in [1.165, 1.54) is 5.56 Å². The number of nitrogens with one attached hydrogen (secondary N) is 2. The molecule has 1 fully saturated rings. The predicted molar refractivity (Wildman–Crippen MR) is 99.7 cm³/mol. The Hall–Kier alpha value is -2.37. The van der Waals surface area contributed by atoms with Crippen LogP contribution < -0.4 is 10.2 Å². The van der Waals surface area contributed by atoms with Crippen LogP contribution in [0.1, 0.15) is 12.0 Å². The quantitative estimate of drug-likeness (QED) is 0.738. The molecule has 4 rings (SSSR count). The van der Waals surface area contributed by atoms with Crippen molar-refractivity contribution >= 4 is 34.1 Å². The van der Waals surface area contributed by atoms with E-state index in [2.05, 4.69) is 21.6 Å². The highest BCUT2D eigenvalue weighted by molar-refractivity contribution is 6.30. The van der Waals surface area contributed by atoms with Crippen LogP contribution in [0.5, 0.6) is 0 Å². The Morgan fingerprint density at radius 3 is 2.92 bits per heavy atom. The SMILES string of the molecule is O=C1CC(CNCc2cccc3[nH]ncc23)CN1c1ccc(Cl)cc1. The van der Waals surface area contributed by atoms with E-state index in [1.807, 2.05) is 47.5 Å². The number of carbonyl (C=O) groups excluding carboxylic acids is 1. The van der Waals surface area contributed by atoms with Gasteiger partial charge in [-0.2, -0.15) is 5.10 Å². The number of carbonyl (C=O) groups is 1. The maximum Gasteiger partial charge on any atom is 0.227 e. The zero-order valence-electron chi connectivity index (χ0n) is 13.7. The molecule has 2 aromatic carbocycles. The summed E-state index contributed by atoms with van der Waals surface area (Å²) in [5.74, 6) is 0.484. The van der Waals surface area contributed by atoms with Gasteiger partial charge in [-0.15, -0.1) is 0 Å². The third kappa shape index (κ3) is 3.38. The van der Waals surface area contributed by atoms with Crippen LogP contribution in [-0.4, -0.2) is 29.2 Å². The molecule has 0 aliphatic carbocycles. The van der Waals surface area contributed by atoms with Crippen LogP contribution in [0.2, 0.25) is 5.02 Å². The van der Waals surface area contributed by atoms with Crippen molar-refractivity contribution in [2.45, 2.75) is 13.0 Å². The lowest BCUT2D eigenvalue weighted by molar-refractivity contribution is -0.117. The van der Waals surface area contributed by atoms with Crippen molar-refractivity contribution in [3.63, 3.8) is 0 Å². The minimum absolute atomic E-state index is 0.172. The molecule has 5 nitrogen and oxygen atoms in total. The first kappa shape index (κ1) is 16.1. The highest BCUT2D eigenvalue weighted by atomic mass is 35.5. The van der Waals surface area contributed by atoms with Gasteiger partial charge in [0.1, 0.15) is 0 Å². The van der Waals surface area contributed by atoms with E-state index in [0.717, 1.165) is 36.2 Å². The average Bonchev–Trinajstić information content (AvgIpc) is 3.23. The number of amides is 1. The van der Waals surface area contributed by atoms with Gasteiger partial charge in [0.05, 0.1) is 11.7 Å². The molecule has 1 saturated heterocycles. The Balaban J connectivity index is 1.35. The van der Waals surface area contributed by atoms with Crippen molar-refractivity contribution in [3.8, 4) is 0 Å². The van der Waals surface area contributed by atoms with E-state index in [9.17, 15) is 4.79 Å². The second-order valence-electron chi connectivity index (χ2n) is 6.43. The maximum atomic E-state index is 12.3. The largest absolute Gasteiger partial charge is 0.312 e. The first-order valence-electron chi connectivity index (χ1n) is 8.38. The molecular weight excluding hydrogens is 336 g/mol. The van der Waals surface area contributed by atoms with E-state index in [4.69, 9.17) is 11.6 Å². The number of aromatic amines is 1. The van der Waals surface area contributed by atoms with Crippen LogP contribution >= 0.6 is 11.6 Å². The van der Waals surface area contributed by atoms with Crippen LogP contribution in [0.15, 0.2) is 48.7 Å². The van der Waals surface area contributed by atoms with Crippen molar-refractivity contribution in [3.05, 3.63) is 59.2 Å². The zero-order chi connectivity index (χ0) is 17.2. The molecule has 2 heterocycles. The minimum atomic E-state index is 0.172. The third-order valence-corrected chi connectivity index (χ3v) is 4.92. The summed E-state index contributed by atoms with van der Waals surface area (Å²) in [4.78, 5) is 14.1. The van der Waals surface area contributed by atoms with Crippen LogP contribution in [0, 0.1) is 5.92 Å². The summed E-state index contributed by atoms with van der Waals surface area (Å²) in [6, 6.07) is 13.6. The lowest BCUT2D eigenvalue weighted by atomic mass is 10.1. The fourth-order valence-electron chi connectivity index (χ4n) is 3.38. The minimum Gasteiger partial charge on any atom is -0.312 e. The smallest absolute Gasteiger partial charge is 0.227 e. The summed E-state index contributed by atoms with van der Waals surface area (Å²) in [5, 5.41) is 12.4. The number of benzene rings is 2. The van der Waals surface area contributed by atoms with Gasteiger partial charge in [0.2, 0.25) is 5.91 Å². The average molecular weight is 355 g/mol. The predicted octanol–water partition coefficient (Wildman–Crippen LogP) is 3.36. The molecule has 1 aliphatic heterocycles. The number of rotatable bonds is 5. The monoisotopic (exact) mass is 354 g/mol. The Morgan fingerprint density at radius 1 is 1.24 bits per heavy atom. The number of fused-ring (bicyclic) bond motifs is 1. The number of H-pyrrole nitrogens is 1. The standard InChI is InChI=1S/C19H19ClN4O/c20-15-4-6-16(7-5-15)24-12-13(8-19(24)25)9-21-10-14-2-1-3-18-17(14)11-22-23-18/h1-7,11,13,21H,8-10,12H2,(H,22,23). The molecule has 0 radical (unpaired) electrons. The Bertz CT molecular complexity index is 890. The number of hydrogen-bond donors (Lipinski definition) is 2. The lowest BCUT2D eigenvalue weighted by Crippen LogP contribution is -2.27. The molecule has 6 heteroatoms. The molecule has 0 saturated carbocycles. The van der Waals surface area contributed by atoms with E-state index in [0.29, 0.717) is 17.4 Å². The molecule has 3 aromatic rings. The fourth-order valence-corrected chi connectivity index (χ4v) is 3.51. The summed E-state index contributed by atoms with van der Waals surface area (Å²) in [5.41, 5.74) is 3.18. The van der Waals surface area contributed by atoms with Gasteiger partial charge in [-0.25, -0.2) is 0 Å². The topological polar surface area (TPSA) is 61.0 Å². The number of nitrogens with zero attached hydrogens (tertiary/aromatic N) is 2. The number of aromatic nitrogens is 2. The summed E-state index contributed by atoms with van der Waals surface area (Å²) in [6.45, 7) is 2.32. The van der Waals surface area contributed by atoms with E-state index in [-0.39, 0.29) is 5.91 Å². The highest BCUT2D eigenvalue weighted by Crippen LogP contribution is 2.26. The summed E-state index contributed by atoms with van der Waals surface area (Å²) in [7, 11) is 0. The number of anilines is 1. The van der Waals surface area contributed by atoms with Gasteiger partial charge in [-0.1, -0.05) is 23.7 Å². The molecule has 1 atom stereocenters. The van der Waals surface area contributed by atoms with E-state index >= 15 is 0 Å². The Morgan fingerprint density at radius 2 is 2.08 bits per heavy atom. The van der Waals surface area contributed by atoms with Crippen molar-refractivity contribution < 1.29 is 4.79 Å². The Kier molecular flexibility index (Phi) is 4.42. The Labute approximate surface area is 151 Å². The van der Waals surface area contributed by atoms with Crippen LogP contribution in [-0.2, 0) is 11.3 Å². The molecule has 25 heavy (non-hydrogen) atoms. The second-order valence-corrected chi connectivity index (χ2v) is 6.87. The van der Waals surface area contributed by atoms with E-state index < -0.39 is 0 Å². The van der Waals surface area contributed by atoms with Crippen molar-refractivity contribution in [1.82, 2.24) is 15.5 Å². The van der Waals surface area contributed by atoms with Crippen molar-refractivity contribution in [1.29, 1.82) is 0 Å². The fraction of sp³-hybridized carbons (Fsp3) is 0.263. The molecule has 1 amide bonds. The van der Waals surface area contributed by atoms with Gasteiger partial charge in [0, 0.05) is 42.2 Å². The molecular formula is C19H19ClN4O. The first-order chi connectivity index (χ1) is 12.2. The molecule has 0 bridgehead atoms. The van der Waals surface area contributed by atoms with Gasteiger partial charge in [0.25, 0.3) is 0 Å². The number of halogens is 1. The van der Waals surface area contributed by atoms with Crippen LogP contribution in [0.4, 0.5) is 5.69 Å². The van der Waals surface area contributed by atoms with Crippen LogP contribution in [0.25, 0.3) is 10.9 Å². The second kappa shape index (κ2) is 6.86. The molecule has 1 aliphatic rings. The van der Waals surface area contributed by atoms with E-state index in [1.54, 1.807) is 0 Å². The molecule has 1 aromatic heterocycles. The van der Waals surface area contributed by atoms with Gasteiger partial charge in [-0.05, 0) is 41.8 Å². The maximum absolute atomic E-state index is 12.3. The van der Waals surface area contributed by atoms with Gasteiger partial charge in [-0.3, -0.25) is 9.89 Å². The van der Waals surface area contributed by atoms with Crippen molar-refractivity contribution in [2.75, 3.05) is 18.0 Å². The molecule has 1 unspecified atom stereocenters. The van der Waals surface area contributed by atoms with Crippen LogP contribution in [0.3, 0.4) is 0 Å². The number of hydrogen-bond acceptors (Lipinski definition) is 3. The third-order valence-electron chi connectivity index (χ3n) is 4.67. The van der Waals surface area contributed by atoms with Gasteiger partial charge in [0.15, 0.2) is 0 Å². The molecule has 128 valence electrons. The summed E-state index contributed by atoms with van der Waals surface area (Å²) in [6.07, 6.45) is 2.43. The van der Waals surface area contributed by atoms with Gasteiger partial charge < -0.3 is 10.2 Å². The normalized spacial score (nSPS) is 17.6. The first-order valence-corrected chi connectivity index (χ1v) is 8.76. The molecule has 0 spiro atoms. The molecule has 2 N–H and O–H groups in total. The zero-order valence-corrected chi connectivity index (χ0v) is 14.5. The van der Waals surface area contributed by atoms with Crippen molar-refractivity contribution in [2.24, 2.45) is 5.92 Å². The highest BCUT2D eigenvalue weighted by Gasteiger charge is 2.30. The summed E-state index contributed by atoms with van der Waals surface area (Å²) >= 11 is 5.92. The summed E-state index contributed by atoms with van der Waals surface area (Å²) < 4.78 is 0. The van der Waals surface area contributed by atoms with Gasteiger partial charge >= 0.3 is 0 Å². The lowest BCUT2D eigenvalue weighted by Gasteiger charge is -2.17.